The number of carbonyl (C=O) groups excluding carboxylic acids is 1. The van der Waals surface area contributed by atoms with Gasteiger partial charge >= 0.3 is 0 Å². The van der Waals surface area contributed by atoms with Gasteiger partial charge in [-0.15, -0.1) is 0 Å². The number of piperazine rings is 1. The summed E-state index contributed by atoms with van der Waals surface area (Å²) in [6.45, 7) is 2.29. The van der Waals surface area contributed by atoms with Crippen molar-refractivity contribution >= 4 is 11.7 Å². The van der Waals surface area contributed by atoms with Crippen molar-refractivity contribution < 1.29 is 13.9 Å². The smallest absolute Gasteiger partial charge is 0.254 e. The first-order valence-corrected chi connectivity index (χ1v) is 8.85. The first-order valence-electron chi connectivity index (χ1n) is 8.85. The molecule has 0 saturated carbocycles. The van der Waals surface area contributed by atoms with Crippen LogP contribution in [0.5, 0.6) is 5.75 Å². The van der Waals surface area contributed by atoms with Gasteiger partial charge in [-0.25, -0.2) is 19.0 Å². The van der Waals surface area contributed by atoms with E-state index >= 15 is 0 Å². The Hall–Kier alpha value is -3.49. The maximum Gasteiger partial charge on any atom is 0.254 e. The van der Waals surface area contributed by atoms with Gasteiger partial charge in [0.05, 0.1) is 7.11 Å². The van der Waals surface area contributed by atoms with Crippen molar-refractivity contribution in [3.8, 4) is 11.6 Å². The highest BCUT2D eigenvalue weighted by atomic mass is 19.1. The minimum atomic E-state index is -0.542. The third-order valence-corrected chi connectivity index (χ3v) is 4.67. The van der Waals surface area contributed by atoms with Gasteiger partial charge in [0.2, 0.25) is 0 Å². The molecule has 144 valence electrons. The van der Waals surface area contributed by atoms with Crippen LogP contribution in [0.1, 0.15) is 10.4 Å². The van der Waals surface area contributed by atoms with E-state index in [1.54, 1.807) is 21.8 Å². The number of benzene rings is 1. The van der Waals surface area contributed by atoms with E-state index in [2.05, 4.69) is 20.0 Å². The van der Waals surface area contributed by atoms with E-state index in [0.29, 0.717) is 37.6 Å². The Labute approximate surface area is 161 Å². The number of rotatable bonds is 4. The van der Waals surface area contributed by atoms with E-state index in [-0.39, 0.29) is 11.7 Å². The minimum Gasteiger partial charge on any atom is -0.494 e. The van der Waals surface area contributed by atoms with Crippen LogP contribution < -0.4 is 9.64 Å². The van der Waals surface area contributed by atoms with Gasteiger partial charge in [-0.1, -0.05) is 0 Å². The van der Waals surface area contributed by atoms with Crippen molar-refractivity contribution in [1.29, 1.82) is 0 Å². The number of hydrogen-bond acceptors (Lipinski definition) is 6. The van der Waals surface area contributed by atoms with E-state index in [1.165, 1.54) is 25.6 Å². The number of halogens is 1. The van der Waals surface area contributed by atoms with Crippen molar-refractivity contribution in [3.05, 3.63) is 60.4 Å². The van der Waals surface area contributed by atoms with Crippen molar-refractivity contribution in [2.45, 2.75) is 0 Å². The van der Waals surface area contributed by atoms with Crippen LogP contribution in [0.3, 0.4) is 0 Å². The molecule has 8 nitrogen and oxygen atoms in total. The molecule has 2 aromatic heterocycles. The fraction of sp³-hybridized carbons (Fsp3) is 0.263. The molecule has 1 aliphatic rings. The molecule has 0 aliphatic carbocycles. The van der Waals surface area contributed by atoms with E-state index in [1.807, 2.05) is 18.3 Å². The Balaban J connectivity index is 1.43. The number of anilines is 1. The first kappa shape index (κ1) is 17.9. The first-order chi connectivity index (χ1) is 13.7. The standard InChI is InChI=1S/C19H19FN6O2/c1-28-16-4-3-14(11-15(16)20)19(27)25-9-7-24(8-10-25)17-12-18(22-13-21-17)26-6-2-5-23-26/h2-6,11-13H,7-10H2,1H3. The summed E-state index contributed by atoms with van der Waals surface area (Å²) in [5, 5.41) is 4.18. The lowest BCUT2D eigenvalue weighted by atomic mass is 10.1. The van der Waals surface area contributed by atoms with E-state index in [9.17, 15) is 9.18 Å². The van der Waals surface area contributed by atoms with Crippen molar-refractivity contribution in [3.63, 3.8) is 0 Å². The summed E-state index contributed by atoms with van der Waals surface area (Å²) in [6, 6.07) is 7.96. The Bertz CT molecular complexity index is 970. The van der Waals surface area contributed by atoms with Crippen LogP contribution in [0.15, 0.2) is 49.1 Å². The molecule has 4 rings (SSSR count). The van der Waals surface area contributed by atoms with Crippen LogP contribution >= 0.6 is 0 Å². The minimum absolute atomic E-state index is 0.123. The Morgan fingerprint density at radius 2 is 1.89 bits per heavy atom. The summed E-state index contributed by atoms with van der Waals surface area (Å²) in [5.41, 5.74) is 0.315. The summed E-state index contributed by atoms with van der Waals surface area (Å²) in [6.07, 6.45) is 5.01. The molecule has 0 spiro atoms. The second-order valence-corrected chi connectivity index (χ2v) is 6.31. The normalized spacial score (nSPS) is 14.2. The number of aromatic nitrogens is 4. The van der Waals surface area contributed by atoms with Gasteiger partial charge < -0.3 is 14.5 Å². The van der Waals surface area contributed by atoms with Crippen LogP contribution in [-0.4, -0.2) is 63.8 Å². The Morgan fingerprint density at radius 3 is 2.57 bits per heavy atom. The monoisotopic (exact) mass is 382 g/mol. The lowest BCUT2D eigenvalue weighted by molar-refractivity contribution is 0.0746. The SMILES string of the molecule is COc1ccc(C(=O)N2CCN(c3cc(-n4cccn4)ncn3)CC2)cc1F. The van der Waals surface area contributed by atoms with Gasteiger partial charge in [-0.3, -0.25) is 4.79 Å². The highest BCUT2D eigenvalue weighted by Crippen LogP contribution is 2.20. The molecule has 1 aliphatic heterocycles. The second kappa shape index (κ2) is 7.63. The molecule has 28 heavy (non-hydrogen) atoms. The molecule has 9 heteroatoms. The molecule has 0 bridgehead atoms. The number of hydrogen-bond donors (Lipinski definition) is 0. The Kier molecular flexibility index (Phi) is 4.88. The molecule has 3 aromatic rings. The highest BCUT2D eigenvalue weighted by Gasteiger charge is 2.24. The lowest BCUT2D eigenvalue weighted by Crippen LogP contribution is -2.49. The number of nitrogens with zero attached hydrogens (tertiary/aromatic N) is 6. The van der Waals surface area contributed by atoms with Gasteiger partial charge in [0, 0.05) is 50.2 Å². The van der Waals surface area contributed by atoms with Crippen LogP contribution in [-0.2, 0) is 0 Å². The zero-order valence-corrected chi connectivity index (χ0v) is 15.3. The van der Waals surface area contributed by atoms with E-state index < -0.39 is 5.82 Å². The van der Waals surface area contributed by atoms with Crippen molar-refractivity contribution in [2.24, 2.45) is 0 Å². The molecule has 0 radical (unpaired) electrons. The lowest BCUT2D eigenvalue weighted by Gasteiger charge is -2.35. The number of amides is 1. The molecular formula is C19H19FN6O2. The predicted molar refractivity (Wildman–Crippen MR) is 100 cm³/mol. The van der Waals surface area contributed by atoms with Crippen LogP contribution in [0.2, 0.25) is 0 Å². The average Bonchev–Trinajstić information content (AvgIpc) is 3.28. The maximum absolute atomic E-state index is 13.9. The van der Waals surface area contributed by atoms with Crippen LogP contribution in [0.4, 0.5) is 10.2 Å². The summed E-state index contributed by atoms with van der Waals surface area (Å²) < 4.78 is 20.5. The summed E-state index contributed by atoms with van der Waals surface area (Å²) in [5.74, 6) is 0.851. The molecule has 0 atom stereocenters. The van der Waals surface area contributed by atoms with Crippen LogP contribution in [0, 0.1) is 5.82 Å². The van der Waals surface area contributed by atoms with Gasteiger partial charge in [0.15, 0.2) is 17.4 Å². The summed E-state index contributed by atoms with van der Waals surface area (Å²) in [7, 11) is 1.39. The fourth-order valence-corrected chi connectivity index (χ4v) is 3.16. The van der Waals surface area contributed by atoms with E-state index in [4.69, 9.17) is 4.74 Å². The van der Waals surface area contributed by atoms with Gasteiger partial charge in [0.25, 0.3) is 5.91 Å². The molecule has 0 unspecified atom stereocenters. The molecule has 1 aromatic carbocycles. The quantitative estimate of drug-likeness (QED) is 0.685. The zero-order valence-electron chi connectivity index (χ0n) is 15.3. The fourth-order valence-electron chi connectivity index (χ4n) is 3.16. The van der Waals surface area contributed by atoms with Gasteiger partial charge in [-0.2, -0.15) is 5.10 Å². The van der Waals surface area contributed by atoms with Crippen molar-refractivity contribution in [2.75, 3.05) is 38.2 Å². The third-order valence-electron chi connectivity index (χ3n) is 4.67. The number of methoxy groups -OCH3 is 1. The largest absolute Gasteiger partial charge is 0.494 e. The average molecular weight is 382 g/mol. The topological polar surface area (TPSA) is 76.4 Å². The van der Waals surface area contributed by atoms with Crippen LogP contribution in [0.25, 0.3) is 5.82 Å². The summed E-state index contributed by atoms with van der Waals surface area (Å²) >= 11 is 0. The molecular weight excluding hydrogens is 363 g/mol. The summed E-state index contributed by atoms with van der Waals surface area (Å²) in [4.78, 5) is 25.0. The number of ether oxygens (including phenoxy) is 1. The van der Waals surface area contributed by atoms with Crippen molar-refractivity contribution in [1.82, 2.24) is 24.6 Å². The molecule has 1 fully saturated rings. The predicted octanol–water partition coefficient (Wildman–Crippen LogP) is 1.77. The Morgan fingerprint density at radius 1 is 1.11 bits per heavy atom. The highest BCUT2D eigenvalue weighted by molar-refractivity contribution is 5.94. The molecule has 1 saturated heterocycles. The molecule has 0 N–H and O–H groups in total. The van der Waals surface area contributed by atoms with E-state index in [0.717, 1.165) is 5.82 Å². The van der Waals surface area contributed by atoms with Gasteiger partial charge in [0.1, 0.15) is 12.1 Å². The zero-order chi connectivity index (χ0) is 19.5. The second-order valence-electron chi connectivity index (χ2n) is 6.31. The molecule has 1 amide bonds. The maximum atomic E-state index is 13.9. The number of carbonyl (C=O) groups is 1. The van der Waals surface area contributed by atoms with Gasteiger partial charge in [-0.05, 0) is 24.3 Å². The molecule has 3 heterocycles. The third kappa shape index (κ3) is 3.51.